The molecule has 0 radical (unpaired) electrons. The molecule has 0 atom stereocenters. The second-order valence-electron chi connectivity index (χ2n) is 7.92. The molecule has 0 saturated carbocycles. The predicted octanol–water partition coefficient (Wildman–Crippen LogP) is 5.12. The fraction of sp³-hybridized carbons (Fsp3) is 0.240. The lowest BCUT2D eigenvalue weighted by atomic mass is 10.1. The number of hydrogen-bond acceptors (Lipinski definition) is 3. The molecule has 0 aliphatic rings. The lowest BCUT2D eigenvalue weighted by molar-refractivity contribution is -0.128. The smallest absolute Gasteiger partial charge is 0.264 e. The van der Waals surface area contributed by atoms with E-state index in [9.17, 15) is 13.2 Å². The van der Waals surface area contributed by atoms with E-state index in [2.05, 4.69) is 0 Å². The van der Waals surface area contributed by atoms with Gasteiger partial charge in [-0.05, 0) is 67.8 Å². The molecule has 0 unspecified atom stereocenters. The molecule has 3 aromatic rings. The van der Waals surface area contributed by atoms with Crippen molar-refractivity contribution in [3.8, 4) is 0 Å². The van der Waals surface area contributed by atoms with Gasteiger partial charge in [-0.3, -0.25) is 9.10 Å². The van der Waals surface area contributed by atoms with Crippen molar-refractivity contribution in [1.82, 2.24) is 4.90 Å². The molecule has 5 nitrogen and oxygen atoms in total. The summed E-state index contributed by atoms with van der Waals surface area (Å²) in [7, 11) is -2.29. The Hall–Kier alpha value is -2.83. The number of halogens is 1. The van der Waals surface area contributed by atoms with Gasteiger partial charge < -0.3 is 4.90 Å². The van der Waals surface area contributed by atoms with E-state index in [1.807, 2.05) is 39.0 Å². The first-order valence-electron chi connectivity index (χ1n) is 10.2. The van der Waals surface area contributed by atoms with Crippen LogP contribution in [0.5, 0.6) is 0 Å². The lowest BCUT2D eigenvalue weighted by Gasteiger charge is -2.28. The number of amides is 1. The van der Waals surface area contributed by atoms with Crippen molar-refractivity contribution in [2.75, 3.05) is 17.9 Å². The van der Waals surface area contributed by atoms with E-state index in [1.54, 1.807) is 55.6 Å². The molecular formula is C25H27ClN2O3S. The van der Waals surface area contributed by atoms with Crippen LogP contribution < -0.4 is 4.31 Å². The number of carbonyl (C=O) groups is 1. The van der Waals surface area contributed by atoms with Crippen molar-refractivity contribution in [2.45, 2.75) is 32.2 Å². The first-order chi connectivity index (χ1) is 15.1. The van der Waals surface area contributed by atoms with Gasteiger partial charge in [0.1, 0.15) is 6.54 Å². The number of nitrogens with zero attached hydrogens (tertiary/aromatic N) is 2. The highest BCUT2D eigenvalue weighted by atomic mass is 35.5. The molecule has 3 rings (SSSR count). The van der Waals surface area contributed by atoms with Crippen LogP contribution in [0.2, 0.25) is 5.02 Å². The van der Waals surface area contributed by atoms with Crippen molar-refractivity contribution in [3.05, 3.63) is 94.0 Å². The zero-order valence-electron chi connectivity index (χ0n) is 18.7. The SMILES string of the molecule is Cc1ccc(S(=O)(=O)N(CC(=O)N(C)Cc2ccc(Cl)cc2)c2cccc(C)c2C)cc1. The van der Waals surface area contributed by atoms with E-state index in [0.29, 0.717) is 17.3 Å². The second kappa shape index (κ2) is 9.76. The van der Waals surface area contributed by atoms with Crippen LogP contribution in [0.15, 0.2) is 71.6 Å². The number of sulfonamides is 1. The highest BCUT2D eigenvalue weighted by Gasteiger charge is 2.29. The average molecular weight is 471 g/mol. The molecule has 168 valence electrons. The van der Waals surface area contributed by atoms with Gasteiger partial charge in [0.05, 0.1) is 10.6 Å². The van der Waals surface area contributed by atoms with Crippen LogP contribution in [0, 0.1) is 20.8 Å². The van der Waals surface area contributed by atoms with Gasteiger partial charge in [-0.15, -0.1) is 0 Å². The standard InChI is InChI=1S/C25H27ClN2O3S/c1-18-8-14-23(15-9-18)32(30,31)28(24-7-5-6-19(2)20(24)3)17-25(29)27(4)16-21-10-12-22(26)13-11-21/h5-15H,16-17H2,1-4H3. The van der Waals surface area contributed by atoms with Gasteiger partial charge in [-0.2, -0.15) is 0 Å². The molecule has 0 aromatic heterocycles. The zero-order valence-corrected chi connectivity index (χ0v) is 20.2. The summed E-state index contributed by atoms with van der Waals surface area (Å²) in [6, 6.07) is 19.3. The molecule has 0 N–H and O–H groups in total. The van der Waals surface area contributed by atoms with Crippen molar-refractivity contribution >= 4 is 33.2 Å². The van der Waals surface area contributed by atoms with Crippen molar-refractivity contribution < 1.29 is 13.2 Å². The van der Waals surface area contributed by atoms with E-state index in [4.69, 9.17) is 11.6 Å². The number of benzene rings is 3. The minimum absolute atomic E-state index is 0.150. The fourth-order valence-electron chi connectivity index (χ4n) is 3.34. The van der Waals surface area contributed by atoms with Crippen molar-refractivity contribution in [1.29, 1.82) is 0 Å². The molecule has 0 fully saturated rings. The Morgan fingerprint density at radius 3 is 2.16 bits per heavy atom. The predicted molar refractivity (Wildman–Crippen MR) is 130 cm³/mol. The highest BCUT2D eigenvalue weighted by Crippen LogP contribution is 2.29. The molecule has 0 saturated heterocycles. The van der Waals surface area contributed by atoms with E-state index < -0.39 is 10.0 Å². The van der Waals surface area contributed by atoms with Gasteiger partial charge in [0.15, 0.2) is 0 Å². The molecular weight excluding hydrogens is 444 g/mol. The van der Waals surface area contributed by atoms with Gasteiger partial charge in [-0.25, -0.2) is 8.42 Å². The third-order valence-corrected chi connectivity index (χ3v) is 7.52. The van der Waals surface area contributed by atoms with Crippen molar-refractivity contribution in [3.63, 3.8) is 0 Å². The summed E-state index contributed by atoms with van der Waals surface area (Å²) in [5.74, 6) is -0.309. The lowest BCUT2D eigenvalue weighted by Crippen LogP contribution is -2.41. The minimum atomic E-state index is -3.95. The maximum atomic E-state index is 13.6. The Bertz CT molecular complexity index is 1210. The molecule has 0 aliphatic carbocycles. The molecule has 1 amide bonds. The Labute approximate surface area is 195 Å². The van der Waals surface area contributed by atoms with Crippen LogP contribution in [-0.2, 0) is 21.4 Å². The normalized spacial score (nSPS) is 11.3. The third-order valence-electron chi connectivity index (χ3n) is 5.49. The van der Waals surface area contributed by atoms with E-state index in [0.717, 1.165) is 22.3 Å². The molecule has 0 bridgehead atoms. The first-order valence-corrected chi connectivity index (χ1v) is 12.1. The Balaban J connectivity index is 1.95. The van der Waals surface area contributed by atoms with Crippen LogP contribution in [0.3, 0.4) is 0 Å². The van der Waals surface area contributed by atoms with E-state index in [-0.39, 0.29) is 17.3 Å². The molecule has 7 heteroatoms. The maximum Gasteiger partial charge on any atom is 0.264 e. The topological polar surface area (TPSA) is 57.7 Å². The number of aryl methyl sites for hydroxylation is 2. The number of anilines is 1. The van der Waals surface area contributed by atoms with E-state index >= 15 is 0 Å². The minimum Gasteiger partial charge on any atom is -0.340 e. The zero-order chi connectivity index (χ0) is 23.5. The molecule has 0 spiro atoms. The summed E-state index contributed by atoms with van der Waals surface area (Å²) < 4.78 is 28.4. The number of hydrogen-bond donors (Lipinski definition) is 0. The number of carbonyl (C=O) groups excluding carboxylic acids is 1. The van der Waals surface area contributed by atoms with Crippen LogP contribution in [0.25, 0.3) is 0 Å². The van der Waals surface area contributed by atoms with Gasteiger partial charge in [0.2, 0.25) is 5.91 Å². The van der Waals surface area contributed by atoms with Gasteiger partial charge >= 0.3 is 0 Å². The number of rotatable bonds is 7. The highest BCUT2D eigenvalue weighted by molar-refractivity contribution is 7.92. The third kappa shape index (κ3) is 5.31. The average Bonchev–Trinajstić information content (AvgIpc) is 2.76. The molecule has 3 aromatic carbocycles. The van der Waals surface area contributed by atoms with E-state index in [1.165, 1.54) is 9.21 Å². The van der Waals surface area contributed by atoms with Crippen LogP contribution in [0.1, 0.15) is 22.3 Å². The van der Waals surface area contributed by atoms with Crippen molar-refractivity contribution in [2.24, 2.45) is 0 Å². The molecule has 0 heterocycles. The largest absolute Gasteiger partial charge is 0.340 e. The monoisotopic (exact) mass is 470 g/mol. The quantitative estimate of drug-likeness (QED) is 0.481. The summed E-state index contributed by atoms with van der Waals surface area (Å²) in [5.41, 5.74) is 4.13. The fourth-order valence-corrected chi connectivity index (χ4v) is 4.94. The molecule has 0 aliphatic heterocycles. The van der Waals surface area contributed by atoms with Crippen LogP contribution >= 0.6 is 11.6 Å². The Morgan fingerprint density at radius 2 is 1.53 bits per heavy atom. The Morgan fingerprint density at radius 1 is 0.906 bits per heavy atom. The van der Waals surface area contributed by atoms with Gasteiger partial charge in [0.25, 0.3) is 10.0 Å². The van der Waals surface area contributed by atoms with Crippen LogP contribution in [-0.4, -0.2) is 32.8 Å². The molecule has 32 heavy (non-hydrogen) atoms. The second-order valence-corrected chi connectivity index (χ2v) is 10.2. The van der Waals surface area contributed by atoms with Crippen LogP contribution in [0.4, 0.5) is 5.69 Å². The summed E-state index contributed by atoms with van der Waals surface area (Å²) in [6.07, 6.45) is 0. The van der Waals surface area contributed by atoms with Gasteiger partial charge in [-0.1, -0.05) is 53.6 Å². The Kier molecular flexibility index (Phi) is 7.26. The summed E-state index contributed by atoms with van der Waals surface area (Å²) in [5, 5.41) is 0.619. The first kappa shape index (κ1) is 23.8. The summed E-state index contributed by atoms with van der Waals surface area (Å²) in [4.78, 5) is 14.8. The summed E-state index contributed by atoms with van der Waals surface area (Å²) in [6.45, 7) is 5.73. The van der Waals surface area contributed by atoms with Gasteiger partial charge in [0, 0.05) is 18.6 Å². The summed E-state index contributed by atoms with van der Waals surface area (Å²) >= 11 is 5.94. The maximum absolute atomic E-state index is 13.6. The number of likely N-dealkylation sites (N-methyl/N-ethyl adjacent to an activating group) is 1.